The van der Waals surface area contributed by atoms with Crippen LogP contribution in [0.3, 0.4) is 0 Å². The molecule has 0 unspecified atom stereocenters. The summed E-state index contributed by atoms with van der Waals surface area (Å²) in [7, 11) is 0. The van der Waals surface area contributed by atoms with Crippen LogP contribution < -0.4 is 0 Å². The zero-order valence-electron chi connectivity index (χ0n) is 12.0. The van der Waals surface area contributed by atoms with Crippen molar-refractivity contribution in [2.24, 2.45) is 0 Å². The van der Waals surface area contributed by atoms with Crippen molar-refractivity contribution < 1.29 is 13.9 Å². The average Bonchev–Trinajstić information content (AvgIpc) is 2.89. The minimum atomic E-state index is -0.483. The molecule has 0 radical (unpaired) electrons. The van der Waals surface area contributed by atoms with Crippen LogP contribution in [-0.4, -0.2) is 12.6 Å². The molecule has 1 aromatic heterocycles. The number of furan rings is 1. The number of benzene rings is 2. The van der Waals surface area contributed by atoms with E-state index in [2.05, 4.69) is 0 Å². The molecular weight excluding hydrogens is 359 g/mol. The lowest BCUT2D eigenvalue weighted by molar-refractivity contribution is 0.0527. The molecule has 0 bridgehead atoms. The van der Waals surface area contributed by atoms with Crippen molar-refractivity contribution in [2.75, 3.05) is 6.61 Å². The molecule has 0 aliphatic heterocycles. The summed E-state index contributed by atoms with van der Waals surface area (Å²) in [6.07, 6.45) is 0. The Kier molecular flexibility index (Phi) is 4.53. The van der Waals surface area contributed by atoms with Crippen molar-refractivity contribution in [2.45, 2.75) is 6.92 Å². The first-order valence-electron chi connectivity index (χ1n) is 6.85. The molecule has 2 aromatic carbocycles. The smallest absolute Gasteiger partial charge is 0.342 e. The van der Waals surface area contributed by atoms with Gasteiger partial charge >= 0.3 is 5.97 Å². The fourth-order valence-electron chi connectivity index (χ4n) is 2.30. The Hall–Kier alpha value is -1.68. The first kappa shape index (κ1) is 16.2. The summed E-state index contributed by atoms with van der Waals surface area (Å²) in [5.41, 5.74) is 1.37. The molecule has 3 aromatic rings. The van der Waals surface area contributed by atoms with Crippen molar-refractivity contribution in [3.05, 3.63) is 57.0 Å². The number of hydrogen-bond acceptors (Lipinski definition) is 3. The Morgan fingerprint density at radius 3 is 2.57 bits per heavy atom. The Labute approximate surface area is 147 Å². The first-order chi connectivity index (χ1) is 11.0. The molecule has 0 fully saturated rings. The topological polar surface area (TPSA) is 39.4 Å². The summed E-state index contributed by atoms with van der Waals surface area (Å²) in [6.45, 7) is 2.00. The Morgan fingerprint density at radius 2 is 1.87 bits per heavy atom. The number of rotatable bonds is 3. The molecule has 1 heterocycles. The molecular formula is C17H11Cl3O3. The minimum absolute atomic E-state index is 0.267. The van der Waals surface area contributed by atoms with Crippen LogP contribution in [0.15, 0.2) is 40.8 Å². The molecule has 3 nitrogen and oxygen atoms in total. The van der Waals surface area contributed by atoms with Crippen LogP contribution in [0.2, 0.25) is 15.1 Å². The second kappa shape index (κ2) is 6.44. The SMILES string of the molecule is CCOC(=O)c1cc(Cl)cc2cc(-c3ccc(Cl)cc3Cl)oc12. The quantitative estimate of drug-likeness (QED) is 0.513. The molecule has 0 amide bonds. The van der Waals surface area contributed by atoms with Crippen LogP contribution in [0.25, 0.3) is 22.3 Å². The van der Waals surface area contributed by atoms with Gasteiger partial charge in [-0.1, -0.05) is 34.8 Å². The maximum absolute atomic E-state index is 12.1. The van der Waals surface area contributed by atoms with Crippen molar-refractivity contribution >= 4 is 51.7 Å². The molecule has 0 saturated heterocycles. The zero-order valence-corrected chi connectivity index (χ0v) is 14.3. The first-order valence-corrected chi connectivity index (χ1v) is 7.98. The van der Waals surface area contributed by atoms with Crippen molar-refractivity contribution in [1.82, 2.24) is 0 Å². The van der Waals surface area contributed by atoms with Gasteiger partial charge in [-0.05, 0) is 43.3 Å². The number of carbonyl (C=O) groups excluding carboxylic acids is 1. The fraction of sp³-hybridized carbons (Fsp3) is 0.118. The molecule has 3 rings (SSSR count). The summed E-state index contributed by atoms with van der Waals surface area (Å²) in [5, 5.41) is 2.11. The molecule has 0 saturated carbocycles. The molecule has 6 heteroatoms. The molecule has 0 atom stereocenters. The van der Waals surface area contributed by atoms with Gasteiger partial charge in [0.25, 0.3) is 0 Å². The van der Waals surface area contributed by atoms with Gasteiger partial charge in [-0.25, -0.2) is 4.79 Å². The summed E-state index contributed by atoms with van der Waals surface area (Å²) in [5.74, 6) is 0.0394. The maximum Gasteiger partial charge on any atom is 0.342 e. The van der Waals surface area contributed by atoms with Crippen LogP contribution in [0, 0.1) is 0 Å². The van der Waals surface area contributed by atoms with Crippen LogP contribution in [0.1, 0.15) is 17.3 Å². The number of esters is 1. The predicted octanol–water partition coefficient (Wildman–Crippen LogP) is 6.24. The molecule has 23 heavy (non-hydrogen) atoms. The van der Waals surface area contributed by atoms with Crippen molar-refractivity contribution in [3.63, 3.8) is 0 Å². The van der Waals surface area contributed by atoms with Crippen LogP contribution in [0.5, 0.6) is 0 Å². The van der Waals surface area contributed by atoms with Gasteiger partial charge in [0, 0.05) is 21.0 Å². The predicted molar refractivity (Wildman–Crippen MR) is 92.6 cm³/mol. The highest BCUT2D eigenvalue weighted by atomic mass is 35.5. The third-order valence-electron chi connectivity index (χ3n) is 3.27. The van der Waals surface area contributed by atoms with E-state index in [1.165, 1.54) is 6.07 Å². The van der Waals surface area contributed by atoms with Gasteiger partial charge in [0.15, 0.2) is 0 Å². The molecule has 118 valence electrons. The van der Waals surface area contributed by atoms with Crippen LogP contribution in [-0.2, 0) is 4.74 Å². The number of carbonyl (C=O) groups is 1. The highest BCUT2D eigenvalue weighted by molar-refractivity contribution is 6.36. The second-order valence-corrected chi connectivity index (χ2v) is 6.11. The van der Waals surface area contributed by atoms with E-state index in [9.17, 15) is 4.79 Å². The van der Waals surface area contributed by atoms with E-state index >= 15 is 0 Å². The summed E-state index contributed by atoms with van der Waals surface area (Å²) in [6, 6.07) is 10.1. The molecule has 0 aliphatic carbocycles. The zero-order chi connectivity index (χ0) is 16.6. The van der Waals surface area contributed by atoms with Gasteiger partial charge in [0.1, 0.15) is 16.9 Å². The Balaban J connectivity index is 2.18. The van der Waals surface area contributed by atoms with Gasteiger partial charge in [-0.3, -0.25) is 0 Å². The monoisotopic (exact) mass is 368 g/mol. The van der Waals surface area contributed by atoms with E-state index in [1.807, 2.05) is 0 Å². The van der Waals surface area contributed by atoms with Gasteiger partial charge in [0.2, 0.25) is 0 Å². The lowest BCUT2D eigenvalue weighted by Crippen LogP contribution is -2.04. The van der Waals surface area contributed by atoms with Crippen molar-refractivity contribution in [1.29, 1.82) is 0 Å². The van der Waals surface area contributed by atoms with Gasteiger partial charge < -0.3 is 9.15 Å². The second-order valence-electron chi connectivity index (χ2n) is 4.83. The Morgan fingerprint density at radius 1 is 1.09 bits per heavy atom. The third-order valence-corrected chi connectivity index (χ3v) is 4.04. The molecule has 0 N–H and O–H groups in total. The van der Waals surface area contributed by atoms with Gasteiger partial charge in [-0.15, -0.1) is 0 Å². The molecule has 0 spiro atoms. The highest BCUT2D eigenvalue weighted by Gasteiger charge is 2.18. The number of fused-ring (bicyclic) bond motifs is 1. The van der Waals surface area contributed by atoms with E-state index < -0.39 is 5.97 Å². The highest BCUT2D eigenvalue weighted by Crippen LogP contribution is 2.36. The molecule has 0 aliphatic rings. The van der Waals surface area contributed by atoms with Crippen LogP contribution >= 0.6 is 34.8 Å². The maximum atomic E-state index is 12.1. The van der Waals surface area contributed by atoms with Crippen molar-refractivity contribution in [3.8, 4) is 11.3 Å². The van der Waals surface area contributed by atoms with Gasteiger partial charge in [-0.2, -0.15) is 0 Å². The number of hydrogen-bond donors (Lipinski definition) is 0. The van der Waals surface area contributed by atoms with E-state index in [0.29, 0.717) is 37.4 Å². The largest absolute Gasteiger partial charge is 0.462 e. The Bertz CT molecular complexity index is 899. The lowest BCUT2D eigenvalue weighted by atomic mass is 10.1. The van der Waals surface area contributed by atoms with E-state index in [0.717, 1.165) is 0 Å². The minimum Gasteiger partial charge on any atom is -0.462 e. The van der Waals surface area contributed by atoms with E-state index in [4.69, 9.17) is 44.0 Å². The lowest BCUT2D eigenvalue weighted by Gasteiger charge is -2.03. The number of halogens is 3. The fourth-order valence-corrected chi connectivity index (χ4v) is 3.03. The number of ether oxygens (including phenoxy) is 1. The normalized spacial score (nSPS) is 11.0. The van der Waals surface area contributed by atoms with Gasteiger partial charge in [0.05, 0.1) is 11.6 Å². The standard InChI is InChI=1S/C17H11Cl3O3/c1-2-22-17(21)13-7-11(19)5-9-6-15(23-16(9)13)12-4-3-10(18)8-14(12)20/h3-8H,2H2,1H3. The summed E-state index contributed by atoms with van der Waals surface area (Å²) < 4.78 is 10.9. The van der Waals surface area contributed by atoms with E-state index in [1.54, 1.807) is 37.3 Å². The van der Waals surface area contributed by atoms with Crippen LogP contribution in [0.4, 0.5) is 0 Å². The summed E-state index contributed by atoms with van der Waals surface area (Å²) in [4.78, 5) is 12.1. The average molecular weight is 370 g/mol. The van der Waals surface area contributed by atoms with E-state index in [-0.39, 0.29) is 12.2 Å². The summed E-state index contributed by atoms with van der Waals surface area (Å²) >= 11 is 18.2. The third kappa shape index (κ3) is 3.18.